The van der Waals surface area contributed by atoms with Crippen LogP contribution in [-0.2, 0) is 4.79 Å². The second kappa shape index (κ2) is 7.26. The van der Waals surface area contributed by atoms with Gasteiger partial charge in [-0.15, -0.1) is 0 Å². The van der Waals surface area contributed by atoms with Crippen molar-refractivity contribution in [1.29, 1.82) is 0 Å². The van der Waals surface area contributed by atoms with Crippen molar-refractivity contribution in [3.05, 3.63) is 24.3 Å². The largest absolute Gasteiger partial charge is 0.497 e. The maximum atomic E-state index is 12.0. The van der Waals surface area contributed by atoms with Gasteiger partial charge in [0, 0.05) is 12.2 Å². The van der Waals surface area contributed by atoms with E-state index >= 15 is 0 Å². The van der Waals surface area contributed by atoms with Gasteiger partial charge in [0.1, 0.15) is 5.75 Å². The number of hydrogen-bond acceptors (Lipinski definition) is 4. The van der Waals surface area contributed by atoms with Gasteiger partial charge in [-0.1, -0.05) is 0 Å². The maximum Gasteiger partial charge on any atom is 0.238 e. The van der Waals surface area contributed by atoms with Crippen LogP contribution in [0, 0.1) is 5.92 Å². The van der Waals surface area contributed by atoms with Crippen LogP contribution in [-0.4, -0.2) is 51.1 Å². The molecule has 0 aliphatic carbocycles. The number of ether oxygens (including phenoxy) is 1. The Bertz CT molecular complexity index is 433. The normalized spacial score (nSPS) is 19.0. The molecule has 5 nitrogen and oxygen atoms in total. The third-order valence-electron chi connectivity index (χ3n) is 3.60. The number of likely N-dealkylation sites (tertiary alicyclic amines) is 1. The van der Waals surface area contributed by atoms with Gasteiger partial charge >= 0.3 is 0 Å². The SMILES string of the molecule is CNCC1CCN(CC(=O)Nc2ccc(OC)cc2)C1. The van der Waals surface area contributed by atoms with Gasteiger partial charge in [-0.25, -0.2) is 0 Å². The molecule has 1 saturated heterocycles. The second-order valence-electron chi connectivity index (χ2n) is 5.22. The number of nitrogens with zero attached hydrogens (tertiary/aromatic N) is 1. The summed E-state index contributed by atoms with van der Waals surface area (Å²) in [6.07, 6.45) is 1.16. The van der Waals surface area contributed by atoms with E-state index in [9.17, 15) is 4.79 Å². The van der Waals surface area contributed by atoms with Gasteiger partial charge in [0.25, 0.3) is 0 Å². The van der Waals surface area contributed by atoms with E-state index in [-0.39, 0.29) is 5.91 Å². The standard InChI is InChI=1S/C15H23N3O2/c1-16-9-12-7-8-18(10-12)11-15(19)17-13-3-5-14(20-2)6-4-13/h3-6,12,16H,7-11H2,1-2H3,(H,17,19). The number of carbonyl (C=O) groups excluding carboxylic acids is 1. The average Bonchev–Trinajstić information content (AvgIpc) is 2.87. The Balaban J connectivity index is 1.77. The fourth-order valence-corrected chi connectivity index (χ4v) is 2.59. The molecule has 2 rings (SSSR count). The summed E-state index contributed by atoms with van der Waals surface area (Å²) in [5, 5.41) is 6.11. The molecular formula is C15H23N3O2. The molecule has 1 atom stereocenters. The highest BCUT2D eigenvalue weighted by Gasteiger charge is 2.23. The lowest BCUT2D eigenvalue weighted by Crippen LogP contribution is -2.32. The first-order valence-electron chi connectivity index (χ1n) is 7.02. The molecule has 5 heteroatoms. The number of nitrogens with one attached hydrogen (secondary N) is 2. The van der Waals surface area contributed by atoms with Crippen molar-refractivity contribution in [2.75, 3.05) is 45.7 Å². The zero-order valence-electron chi connectivity index (χ0n) is 12.2. The van der Waals surface area contributed by atoms with E-state index in [0.29, 0.717) is 12.5 Å². The lowest BCUT2D eigenvalue weighted by molar-refractivity contribution is -0.117. The number of benzene rings is 1. The molecule has 20 heavy (non-hydrogen) atoms. The Morgan fingerprint density at radius 3 is 2.80 bits per heavy atom. The molecule has 1 aromatic carbocycles. The molecular weight excluding hydrogens is 254 g/mol. The van der Waals surface area contributed by atoms with E-state index in [0.717, 1.165) is 37.5 Å². The quantitative estimate of drug-likeness (QED) is 0.820. The lowest BCUT2D eigenvalue weighted by Gasteiger charge is -2.15. The second-order valence-corrected chi connectivity index (χ2v) is 5.22. The average molecular weight is 277 g/mol. The van der Waals surface area contributed by atoms with E-state index in [2.05, 4.69) is 15.5 Å². The van der Waals surface area contributed by atoms with Crippen molar-refractivity contribution >= 4 is 11.6 Å². The van der Waals surface area contributed by atoms with Crippen LogP contribution in [0.1, 0.15) is 6.42 Å². The fourth-order valence-electron chi connectivity index (χ4n) is 2.59. The molecule has 1 unspecified atom stereocenters. The first-order chi connectivity index (χ1) is 9.71. The summed E-state index contributed by atoms with van der Waals surface area (Å²) in [5.74, 6) is 1.49. The summed E-state index contributed by atoms with van der Waals surface area (Å²) in [5.41, 5.74) is 0.807. The summed E-state index contributed by atoms with van der Waals surface area (Å²) >= 11 is 0. The van der Waals surface area contributed by atoms with Crippen molar-refractivity contribution in [1.82, 2.24) is 10.2 Å². The van der Waals surface area contributed by atoms with E-state index in [1.807, 2.05) is 31.3 Å². The number of anilines is 1. The van der Waals surface area contributed by atoms with Crippen molar-refractivity contribution in [2.24, 2.45) is 5.92 Å². The molecule has 2 N–H and O–H groups in total. The monoisotopic (exact) mass is 277 g/mol. The molecule has 1 fully saturated rings. The van der Waals surface area contributed by atoms with E-state index < -0.39 is 0 Å². The van der Waals surface area contributed by atoms with Crippen molar-refractivity contribution in [2.45, 2.75) is 6.42 Å². The number of carbonyl (C=O) groups is 1. The molecule has 1 aliphatic rings. The van der Waals surface area contributed by atoms with E-state index in [1.54, 1.807) is 7.11 Å². The van der Waals surface area contributed by atoms with Gasteiger partial charge in [-0.05, 0) is 56.7 Å². The molecule has 1 aliphatic heterocycles. The predicted octanol–water partition coefficient (Wildman–Crippen LogP) is 1.17. The summed E-state index contributed by atoms with van der Waals surface area (Å²) in [7, 11) is 3.60. The van der Waals surface area contributed by atoms with Gasteiger partial charge in [-0.2, -0.15) is 0 Å². The first-order valence-corrected chi connectivity index (χ1v) is 7.02. The molecule has 1 amide bonds. The van der Waals surface area contributed by atoms with E-state index in [4.69, 9.17) is 4.74 Å². The van der Waals surface area contributed by atoms with Crippen LogP contribution < -0.4 is 15.4 Å². The molecule has 1 heterocycles. The number of methoxy groups -OCH3 is 1. The number of rotatable bonds is 6. The minimum atomic E-state index is 0.0419. The molecule has 1 aromatic rings. The minimum Gasteiger partial charge on any atom is -0.497 e. The highest BCUT2D eigenvalue weighted by Crippen LogP contribution is 2.17. The van der Waals surface area contributed by atoms with Gasteiger partial charge in [0.05, 0.1) is 13.7 Å². The van der Waals surface area contributed by atoms with Crippen LogP contribution in [0.5, 0.6) is 5.75 Å². The first kappa shape index (κ1) is 14.8. The molecule has 0 saturated carbocycles. The maximum absolute atomic E-state index is 12.0. The van der Waals surface area contributed by atoms with Gasteiger partial charge in [0.15, 0.2) is 0 Å². The highest BCUT2D eigenvalue weighted by atomic mass is 16.5. The third-order valence-corrected chi connectivity index (χ3v) is 3.60. The van der Waals surface area contributed by atoms with Crippen LogP contribution >= 0.6 is 0 Å². The van der Waals surface area contributed by atoms with Crippen molar-refractivity contribution in [3.8, 4) is 5.75 Å². The zero-order chi connectivity index (χ0) is 14.4. The van der Waals surface area contributed by atoms with Crippen LogP contribution in [0.15, 0.2) is 24.3 Å². The smallest absolute Gasteiger partial charge is 0.238 e. The Kier molecular flexibility index (Phi) is 5.38. The summed E-state index contributed by atoms with van der Waals surface area (Å²) in [6.45, 7) is 3.49. The van der Waals surface area contributed by atoms with Gasteiger partial charge in [-0.3, -0.25) is 9.69 Å². The third kappa shape index (κ3) is 4.21. The Labute approximate surface area is 120 Å². The molecule has 0 spiro atoms. The number of amides is 1. The van der Waals surface area contributed by atoms with Crippen molar-refractivity contribution < 1.29 is 9.53 Å². The fraction of sp³-hybridized carbons (Fsp3) is 0.533. The summed E-state index contributed by atoms with van der Waals surface area (Å²) < 4.78 is 5.09. The molecule has 110 valence electrons. The van der Waals surface area contributed by atoms with Crippen molar-refractivity contribution in [3.63, 3.8) is 0 Å². The number of hydrogen-bond donors (Lipinski definition) is 2. The van der Waals surface area contributed by atoms with E-state index in [1.165, 1.54) is 0 Å². The van der Waals surface area contributed by atoms with Crippen LogP contribution in [0.2, 0.25) is 0 Å². The lowest BCUT2D eigenvalue weighted by atomic mass is 10.1. The summed E-state index contributed by atoms with van der Waals surface area (Å²) in [4.78, 5) is 14.2. The molecule has 0 bridgehead atoms. The predicted molar refractivity (Wildman–Crippen MR) is 80.1 cm³/mol. The topological polar surface area (TPSA) is 53.6 Å². The Hall–Kier alpha value is -1.59. The Morgan fingerprint density at radius 2 is 2.15 bits per heavy atom. The summed E-state index contributed by atoms with van der Waals surface area (Å²) in [6, 6.07) is 7.39. The van der Waals surface area contributed by atoms with Gasteiger partial charge < -0.3 is 15.4 Å². The van der Waals surface area contributed by atoms with Gasteiger partial charge in [0.2, 0.25) is 5.91 Å². The molecule has 0 radical (unpaired) electrons. The Morgan fingerprint density at radius 1 is 1.40 bits per heavy atom. The van der Waals surface area contributed by atoms with Crippen LogP contribution in [0.25, 0.3) is 0 Å². The zero-order valence-corrected chi connectivity index (χ0v) is 12.2. The highest BCUT2D eigenvalue weighted by molar-refractivity contribution is 5.92. The van der Waals surface area contributed by atoms with Crippen LogP contribution in [0.3, 0.4) is 0 Å². The minimum absolute atomic E-state index is 0.0419. The van der Waals surface area contributed by atoms with Crippen LogP contribution in [0.4, 0.5) is 5.69 Å². The molecule has 0 aromatic heterocycles.